The molecule has 2 bridgehead atoms. The molecular weight excluding hydrogens is 306 g/mol. The largest absolute Gasteiger partial charge is 0.368 e. The van der Waals surface area contributed by atoms with Gasteiger partial charge in [0.2, 0.25) is 11.8 Å². The molecule has 0 radical (unpaired) electrons. The van der Waals surface area contributed by atoms with Gasteiger partial charge in [-0.25, -0.2) is 0 Å². The van der Waals surface area contributed by atoms with Crippen LogP contribution >= 0.6 is 0 Å². The summed E-state index contributed by atoms with van der Waals surface area (Å²) in [5.41, 5.74) is 6.39. The molecule has 1 aromatic carbocycles. The average molecular weight is 329 g/mol. The van der Waals surface area contributed by atoms with Crippen molar-refractivity contribution in [2.45, 2.75) is 32.2 Å². The van der Waals surface area contributed by atoms with Crippen LogP contribution < -0.4 is 16.4 Å². The molecule has 3 rings (SSSR count). The third-order valence-corrected chi connectivity index (χ3v) is 5.18. The van der Waals surface area contributed by atoms with E-state index in [0.29, 0.717) is 18.0 Å². The van der Waals surface area contributed by atoms with Crippen molar-refractivity contribution < 1.29 is 14.4 Å². The number of nitrogens with two attached hydrogens (primary N) is 1. The minimum absolute atomic E-state index is 0.158. The highest BCUT2D eigenvalue weighted by molar-refractivity contribution is 5.96. The van der Waals surface area contributed by atoms with E-state index in [4.69, 9.17) is 5.73 Å². The van der Waals surface area contributed by atoms with Crippen LogP contribution in [-0.4, -0.2) is 24.3 Å². The molecule has 6 nitrogen and oxygen atoms in total. The molecule has 3 atom stereocenters. The highest BCUT2D eigenvalue weighted by Gasteiger charge is 2.42. The third kappa shape index (κ3) is 3.75. The fraction of sp³-hybridized carbons (Fsp3) is 0.500. The first kappa shape index (κ1) is 16.5. The molecule has 6 heteroatoms. The van der Waals surface area contributed by atoms with Gasteiger partial charge in [-0.3, -0.25) is 14.4 Å². The third-order valence-electron chi connectivity index (χ3n) is 5.18. The van der Waals surface area contributed by atoms with E-state index in [1.807, 2.05) is 0 Å². The van der Waals surface area contributed by atoms with Crippen molar-refractivity contribution in [3.8, 4) is 0 Å². The summed E-state index contributed by atoms with van der Waals surface area (Å²) in [6, 6.07) is 6.96. The number of carbonyl (C=O) groups is 3. The summed E-state index contributed by atoms with van der Waals surface area (Å²) in [6.07, 6.45) is 4.73. The molecule has 3 amide bonds. The number of benzene rings is 1. The molecular formula is C18H23N3O3. The standard InChI is InChI=1S/C18H23N3O3/c19-16(22)10-21-17(23)13-4-1-11(2-5-13)9-20-18(24)15-8-12-3-6-14(15)7-12/h1-2,4-5,12,14-15H,3,6-10H2,(H2,19,22)(H,20,24)(H,21,23)/t12-,14-,15-/m0/s1. The lowest BCUT2D eigenvalue weighted by molar-refractivity contribution is -0.126. The molecule has 2 aliphatic rings. The molecule has 0 heterocycles. The van der Waals surface area contributed by atoms with Crippen LogP contribution in [0.25, 0.3) is 0 Å². The average Bonchev–Trinajstić information content (AvgIpc) is 3.21. The van der Waals surface area contributed by atoms with Gasteiger partial charge in [0.05, 0.1) is 6.54 Å². The van der Waals surface area contributed by atoms with E-state index in [1.54, 1.807) is 24.3 Å². The zero-order valence-electron chi connectivity index (χ0n) is 13.6. The maximum atomic E-state index is 12.3. The molecule has 2 aliphatic carbocycles. The first-order valence-corrected chi connectivity index (χ1v) is 8.46. The molecule has 0 aliphatic heterocycles. The number of nitrogens with one attached hydrogen (secondary N) is 2. The molecule has 0 unspecified atom stereocenters. The Morgan fingerprint density at radius 1 is 1.04 bits per heavy atom. The Bertz CT molecular complexity index is 641. The second kappa shape index (κ2) is 7.03. The number of carbonyl (C=O) groups excluding carboxylic acids is 3. The molecule has 0 aromatic heterocycles. The summed E-state index contributed by atoms with van der Waals surface area (Å²) in [5.74, 6) is 0.748. The number of hydrogen-bond acceptors (Lipinski definition) is 3. The van der Waals surface area contributed by atoms with Gasteiger partial charge in [-0.1, -0.05) is 18.6 Å². The predicted molar refractivity (Wildman–Crippen MR) is 88.8 cm³/mol. The Morgan fingerprint density at radius 3 is 2.38 bits per heavy atom. The number of amides is 3. The van der Waals surface area contributed by atoms with Gasteiger partial charge < -0.3 is 16.4 Å². The van der Waals surface area contributed by atoms with E-state index in [0.717, 1.165) is 17.9 Å². The SMILES string of the molecule is NC(=O)CNC(=O)c1ccc(CNC(=O)[C@H]2C[C@H]3CC[C@H]2C3)cc1. The molecule has 1 aromatic rings. The molecule has 2 saturated carbocycles. The molecule has 128 valence electrons. The fourth-order valence-electron chi connectivity index (χ4n) is 3.93. The Morgan fingerprint density at radius 2 is 1.79 bits per heavy atom. The van der Waals surface area contributed by atoms with Gasteiger partial charge in [0.15, 0.2) is 0 Å². The van der Waals surface area contributed by atoms with Crippen LogP contribution in [0.5, 0.6) is 0 Å². The molecule has 2 fully saturated rings. The zero-order chi connectivity index (χ0) is 17.1. The van der Waals surface area contributed by atoms with Crippen molar-refractivity contribution in [3.63, 3.8) is 0 Å². The Labute approximate surface area is 141 Å². The lowest BCUT2D eigenvalue weighted by Gasteiger charge is -2.20. The minimum atomic E-state index is -0.580. The summed E-state index contributed by atoms with van der Waals surface area (Å²) < 4.78 is 0. The van der Waals surface area contributed by atoms with Gasteiger partial charge in [-0.05, 0) is 48.8 Å². The van der Waals surface area contributed by atoms with Crippen LogP contribution in [0.4, 0.5) is 0 Å². The van der Waals surface area contributed by atoms with Crippen molar-refractivity contribution in [2.24, 2.45) is 23.5 Å². The normalized spacial score (nSPS) is 24.6. The van der Waals surface area contributed by atoms with Crippen LogP contribution in [-0.2, 0) is 16.1 Å². The van der Waals surface area contributed by atoms with Crippen molar-refractivity contribution in [2.75, 3.05) is 6.54 Å². The first-order chi connectivity index (χ1) is 11.5. The van der Waals surface area contributed by atoms with Crippen molar-refractivity contribution in [1.82, 2.24) is 10.6 Å². The second-order valence-electron chi connectivity index (χ2n) is 6.85. The number of hydrogen-bond donors (Lipinski definition) is 3. The van der Waals surface area contributed by atoms with Gasteiger partial charge in [0, 0.05) is 18.0 Å². The number of primary amides is 1. The summed E-state index contributed by atoms with van der Waals surface area (Å²) in [6.45, 7) is 0.288. The number of rotatable bonds is 6. The lowest BCUT2D eigenvalue weighted by Crippen LogP contribution is -2.33. The molecule has 0 saturated heterocycles. The second-order valence-corrected chi connectivity index (χ2v) is 6.85. The highest BCUT2D eigenvalue weighted by Crippen LogP contribution is 2.48. The highest BCUT2D eigenvalue weighted by atomic mass is 16.2. The van der Waals surface area contributed by atoms with Crippen LogP contribution in [0, 0.1) is 17.8 Å². The van der Waals surface area contributed by atoms with Gasteiger partial charge in [-0.15, -0.1) is 0 Å². The topological polar surface area (TPSA) is 101 Å². The molecule has 24 heavy (non-hydrogen) atoms. The van der Waals surface area contributed by atoms with Gasteiger partial charge in [0.1, 0.15) is 0 Å². The van der Waals surface area contributed by atoms with Crippen LogP contribution in [0.1, 0.15) is 41.6 Å². The molecule has 4 N–H and O–H groups in total. The Kier molecular flexibility index (Phi) is 4.83. The minimum Gasteiger partial charge on any atom is -0.368 e. The van der Waals surface area contributed by atoms with E-state index >= 15 is 0 Å². The van der Waals surface area contributed by atoms with E-state index in [2.05, 4.69) is 10.6 Å². The van der Waals surface area contributed by atoms with Crippen molar-refractivity contribution >= 4 is 17.7 Å². The smallest absolute Gasteiger partial charge is 0.251 e. The quantitative estimate of drug-likeness (QED) is 0.724. The summed E-state index contributed by atoms with van der Waals surface area (Å²) >= 11 is 0. The summed E-state index contributed by atoms with van der Waals surface area (Å²) in [7, 11) is 0. The monoisotopic (exact) mass is 329 g/mol. The Balaban J connectivity index is 1.48. The maximum Gasteiger partial charge on any atom is 0.251 e. The van der Waals surface area contributed by atoms with Gasteiger partial charge in [-0.2, -0.15) is 0 Å². The maximum absolute atomic E-state index is 12.3. The molecule has 0 spiro atoms. The summed E-state index contributed by atoms with van der Waals surface area (Å²) in [5, 5.41) is 5.45. The van der Waals surface area contributed by atoms with Crippen LogP contribution in [0.15, 0.2) is 24.3 Å². The van der Waals surface area contributed by atoms with E-state index in [-0.39, 0.29) is 24.3 Å². The Hall–Kier alpha value is -2.37. The van der Waals surface area contributed by atoms with Gasteiger partial charge >= 0.3 is 0 Å². The van der Waals surface area contributed by atoms with E-state index in [9.17, 15) is 14.4 Å². The van der Waals surface area contributed by atoms with Gasteiger partial charge in [0.25, 0.3) is 5.91 Å². The first-order valence-electron chi connectivity index (χ1n) is 8.46. The van der Waals surface area contributed by atoms with E-state index in [1.165, 1.54) is 19.3 Å². The lowest BCUT2D eigenvalue weighted by atomic mass is 9.88. The van der Waals surface area contributed by atoms with Crippen molar-refractivity contribution in [1.29, 1.82) is 0 Å². The summed E-state index contributed by atoms with van der Waals surface area (Å²) in [4.78, 5) is 34.8. The van der Waals surface area contributed by atoms with Crippen LogP contribution in [0.2, 0.25) is 0 Å². The predicted octanol–water partition coefficient (Wildman–Crippen LogP) is 0.954. The number of fused-ring (bicyclic) bond motifs is 2. The fourth-order valence-corrected chi connectivity index (χ4v) is 3.93. The van der Waals surface area contributed by atoms with E-state index < -0.39 is 5.91 Å². The zero-order valence-corrected chi connectivity index (χ0v) is 13.6. The van der Waals surface area contributed by atoms with Crippen molar-refractivity contribution in [3.05, 3.63) is 35.4 Å². The van der Waals surface area contributed by atoms with Crippen LogP contribution in [0.3, 0.4) is 0 Å².